The third kappa shape index (κ3) is 2.82. The summed E-state index contributed by atoms with van der Waals surface area (Å²) in [5.74, 6) is -0.170. The molecule has 2 heterocycles. The van der Waals surface area contributed by atoms with Crippen LogP contribution in [0.5, 0.6) is 0 Å². The molecule has 0 aliphatic rings. The molecule has 88 valence electrons. The van der Waals surface area contributed by atoms with Crippen molar-refractivity contribution in [3.63, 3.8) is 0 Å². The third-order valence-electron chi connectivity index (χ3n) is 2.13. The molecule has 0 bridgehead atoms. The summed E-state index contributed by atoms with van der Waals surface area (Å²) in [5, 5.41) is 6.90. The Hall–Kier alpha value is -1.44. The first kappa shape index (κ1) is 12.0. The van der Waals surface area contributed by atoms with Gasteiger partial charge in [0.25, 0.3) is 5.91 Å². The first-order valence-electron chi connectivity index (χ1n) is 5.15. The summed E-state index contributed by atoms with van der Waals surface area (Å²) in [5.41, 5.74) is 1.22. The zero-order chi connectivity index (χ0) is 12.3. The van der Waals surface area contributed by atoms with E-state index in [0.29, 0.717) is 12.2 Å². The number of nitrogens with one attached hydrogen (secondary N) is 1. The summed E-state index contributed by atoms with van der Waals surface area (Å²) in [6.07, 6.45) is 5.25. The number of carbonyl (C=O) groups excluding carboxylic acids is 1. The minimum absolute atomic E-state index is 0.170. The maximum Gasteiger partial charge on any atom is 0.269 e. The summed E-state index contributed by atoms with van der Waals surface area (Å²) >= 11 is 2.18. The van der Waals surface area contributed by atoms with Crippen molar-refractivity contribution in [3.05, 3.63) is 40.0 Å². The Morgan fingerprint density at radius 1 is 1.59 bits per heavy atom. The lowest BCUT2D eigenvalue weighted by molar-refractivity contribution is 0.0951. The van der Waals surface area contributed by atoms with Gasteiger partial charge >= 0.3 is 0 Å². The summed E-state index contributed by atoms with van der Waals surface area (Å²) in [6, 6.07) is 3.53. The van der Waals surface area contributed by atoms with Crippen LogP contribution in [0.3, 0.4) is 0 Å². The summed E-state index contributed by atoms with van der Waals surface area (Å²) in [6.45, 7) is 2.46. The lowest BCUT2D eigenvalue weighted by atomic mass is 10.3. The molecule has 17 heavy (non-hydrogen) atoms. The van der Waals surface area contributed by atoms with Crippen LogP contribution in [0.1, 0.15) is 17.4 Å². The average Bonchev–Trinajstić information content (AvgIpc) is 2.76. The molecule has 0 saturated heterocycles. The molecule has 0 fully saturated rings. The quantitative estimate of drug-likeness (QED) is 0.863. The van der Waals surface area contributed by atoms with Gasteiger partial charge in [-0.05, 0) is 41.6 Å². The van der Waals surface area contributed by atoms with E-state index in [0.717, 1.165) is 9.26 Å². The Bertz CT molecular complexity index is 538. The van der Waals surface area contributed by atoms with Gasteiger partial charge in [-0.2, -0.15) is 5.10 Å². The molecule has 0 aliphatic heterocycles. The predicted molar refractivity (Wildman–Crippen MR) is 72.1 cm³/mol. The molecule has 0 spiro atoms. The second-order valence-electron chi connectivity index (χ2n) is 3.36. The number of amides is 1. The van der Waals surface area contributed by atoms with Crippen molar-refractivity contribution < 1.29 is 4.79 Å². The zero-order valence-corrected chi connectivity index (χ0v) is 11.4. The van der Waals surface area contributed by atoms with Gasteiger partial charge in [0.15, 0.2) is 0 Å². The number of rotatable bonds is 3. The van der Waals surface area contributed by atoms with Crippen LogP contribution in [0, 0.1) is 3.57 Å². The molecule has 2 aromatic heterocycles. The normalized spacial score (nSPS) is 10.2. The van der Waals surface area contributed by atoms with Gasteiger partial charge in [0.05, 0.1) is 15.5 Å². The van der Waals surface area contributed by atoms with Crippen LogP contribution < -0.4 is 5.32 Å². The van der Waals surface area contributed by atoms with Crippen molar-refractivity contribution in [2.24, 2.45) is 0 Å². The van der Waals surface area contributed by atoms with Gasteiger partial charge in [0, 0.05) is 18.9 Å². The number of hydrogen-bond donors (Lipinski definition) is 1. The fourth-order valence-electron chi connectivity index (χ4n) is 1.38. The predicted octanol–water partition coefficient (Wildman–Crippen LogP) is 1.62. The van der Waals surface area contributed by atoms with Crippen molar-refractivity contribution in [2.45, 2.75) is 6.92 Å². The van der Waals surface area contributed by atoms with E-state index in [-0.39, 0.29) is 5.91 Å². The van der Waals surface area contributed by atoms with E-state index in [1.165, 1.54) is 0 Å². The highest BCUT2D eigenvalue weighted by Gasteiger charge is 2.07. The number of carbonyl (C=O) groups is 1. The molecule has 0 aliphatic carbocycles. The van der Waals surface area contributed by atoms with Crippen molar-refractivity contribution in [2.75, 3.05) is 6.54 Å². The Labute approximate surface area is 112 Å². The number of aromatic nitrogens is 3. The highest BCUT2D eigenvalue weighted by molar-refractivity contribution is 14.1. The topological polar surface area (TPSA) is 59.8 Å². The van der Waals surface area contributed by atoms with Crippen LogP contribution in [-0.4, -0.2) is 27.2 Å². The van der Waals surface area contributed by atoms with E-state index in [4.69, 9.17) is 0 Å². The second-order valence-corrected chi connectivity index (χ2v) is 4.61. The highest BCUT2D eigenvalue weighted by Crippen LogP contribution is 2.10. The van der Waals surface area contributed by atoms with Crippen molar-refractivity contribution in [3.8, 4) is 5.69 Å². The Morgan fingerprint density at radius 2 is 2.41 bits per heavy atom. The number of hydrogen-bond acceptors (Lipinski definition) is 3. The number of halogens is 1. The fourth-order valence-corrected chi connectivity index (χ4v) is 1.77. The van der Waals surface area contributed by atoms with E-state index >= 15 is 0 Å². The van der Waals surface area contributed by atoms with Gasteiger partial charge in [0.1, 0.15) is 5.69 Å². The Kier molecular flexibility index (Phi) is 3.72. The first-order valence-corrected chi connectivity index (χ1v) is 6.23. The minimum atomic E-state index is -0.170. The monoisotopic (exact) mass is 342 g/mol. The van der Waals surface area contributed by atoms with E-state index in [1.54, 1.807) is 23.1 Å². The molecule has 1 N–H and O–H groups in total. The molecule has 5 nitrogen and oxygen atoms in total. The van der Waals surface area contributed by atoms with Crippen LogP contribution in [0.4, 0.5) is 0 Å². The molecular formula is C11H11IN4O. The van der Waals surface area contributed by atoms with Crippen LogP contribution in [0.25, 0.3) is 5.69 Å². The molecule has 1 amide bonds. The van der Waals surface area contributed by atoms with Crippen LogP contribution in [0.15, 0.2) is 30.7 Å². The molecular weight excluding hydrogens is 331 g/mol. The molecule has 0 saturated carbocycles. The molecule has 0 unspecified atom stereocenters. The SMILES string of the molecule is CCNC(=O)c1cc(-n2cc(I)cn2)ccn1. The summed E-state index contributed by atoms with van der Waals surface area (Å²) in [7, 11) is 0. The molecule has 6 heteroatoms. The van der Waals surface area contributed by atoms with E-state index in [9.17, 15) is 4.79 Å². The number of nitrogens with zero attached hydrogens (tertiary/aromatic N) is 3. The minimum Gasteiger partial charge on any atom is -0.351 e. The molecule has 0 radical (unpaired) electrons. The Morgan fingerprint density at radius 3 is 3.06 bits per heavy atom. The van der Waals surface area contributed by atoms with Crippen LogP contribution >= 0.6 is 22.6 Å². The average molecular weight is 342 g/mol. The van der Waals surface area contributed by atoms with E-state index in [2.05, 4.69) is 38.0 Å². The van der Waals surface area contributed by atoms with Crippen molar-refractivity contribution in [1.29, 1.82) is 0 Å². The standard InChI is InChI=1S/C11H11IN4O/c1-2-13-11(17)10-5-9(3-4-14-10)16-7-8(12)6-15-16/h3-7H,2H2,1H3,(H,13,17). The lowest BCUT2D eigenvalue weighted by Crippen LogP contribution is -2.23. The van der Waals surface area contributed by atoms with Crippen LogP contribution in [0.2, 0.25) is 0 Å². The van der Waals surface area contributed by atoms with Crippen LogP contribution in [-0.2, 0) is 0 Å². The smallest absolute Gasteiger partial charge is 0.269 e. The summed E-state index contributed by atoms with van der Waals surface area (Å²) < 4.78 is 2.76. The zero-order valence-electron chi connectivity index (χ0n) is 9.22. The van der Waals surface area contributed by atoms with Gasteiger partial charge in [-0.15, -0.1) is 0 Å². The fraction of sp³-hybridized carbons (Fsp3) is 0.182. The van der Waals surface area contributed by atoms with E-state index in [1.807, 2.05) is 19.2 Å². The van der Waals surface area contributed by atoms with Gasteiger partial charge in [0.2, 0.25) is 0 Å². The maximum absolute atomic E-state index is 11.6. The first-order chi connectivity index (χ1) is 8.20. The van der Waals surface area contributed by atoms with Gasteiger partial charge in [-0.3, -0.25) is 9.78 Å². The number of pyridine rings is 1. The molecule has 0 aromatic carbocycles. The van der Waals surface area contributed by atoms with E-state index < -0.39 is 0 Å². The highest BCUT2D eigenvalue weighted by atomic mass is 127. The van der Waals surface area contributed by atoms with Gasteiger partial charge in [-0.1, -0.05) is 0 Å². The van der Waals surface area contributed by atoms with Crippen molar-refractivity contribution in [1.82, 2.24) is 20.1 Å². The molecule has 2 aromatic rings. The Balaban J connectivity index is 2.31. The third-order valence-corrected chi connectivity index (χ3v) is 2.69. The van der Waals surface area contributed by atoms with Gasteiger partial charge < -0.3 is 5.32 Å². The van der Waals surface area contributed by atoms with Crippen molar-refractivity contribution >= 4 is 28.5 Å². The van der Waals surface area contributed by atoms with Gasteiger partial charge in [-0.25, -0.2) is 4.68 Å². The summed E-state index contributed by atoms with van der Waals surface area (Å²) in [4.78, 5) is 15.7. The maximum atomic E-state index is 11.6. The second kappa shape index (κ2) is 5.26. The molecule has 2 rings (SSSR count). The molecule has 0 atom stereocenters. The largest absolute Gasteiger partial charge is 0.351 e. The lowest BCUT2D eigenvalue weighted by Gasteiger charge is -2.04.